The number of amides is 1. The van der Waals surface area contributed by atoms with E-state index < -0.39 is 6.04 Å². The zero-order valence-corrected chi connectivity index (χ0v) is 14.1. The van der Waals surface area contributed by atoms with Gasteiger partial charge in [0, 0.05) is 18.5 Å². The Hall–Kier alpha value is -2.96. The van der Waals surface area contributed by atoms with E-state index in [0.29, 0.717) is 23.3 Å². The van der Waals surface area contributed by atoms with E-state index in [4.69, 9.17) is 4.52 Å². The molecular weight excluding hydrogens is 318 g/mol. The first-order valence-corrected chi connectivity index (χ1v) is 8.35. The first-order valence-electron chi connectivity index (χ1n) is 8.35. The lowest BCUT2D eigenvalue weighted by Gasteiger charge is -2.09. The highest BCUT2D eigenvalue weighted by molar-refractivity contribution is 5.92. The van der Waals surface area contributed by atoms with Crippen molar-refractivity contribution in [1.29, 1.82) is 0 Å². The lowest BCUT2D eigenvalue weighted by Crippen LogP contribution is -2.28. The van der Waals surface area contributed by atoms with Gasteiger partial charge in [-0.2, -0.15) is 10.1 Å². The maximum atomic E-state index is 12.5. The van der Waals surface area contributed by atoms with Crippen molar-refractivity contribution in [3.63, 3.8) is 0 Å². The summed E-state index contributed by atoms with van der Waals surface area (Å²) in [5.41, 5.74) is 2.40. The summed E-state index contributed by atoms with van der Waals surface area (Å²) >= 11 is 0. The van der Waals surface area contributed by atoms with E-state index in [9.17, 15) is 4.79 Å². The number of carbonyl (C=O) groups excluding carboxylic acids is 1. The first-order chi connectivity index (χ1) is 12.1. The van der Waals surface area contributed by atoms with Crippen LogP contribution >= 0.6 is 0 Å². The van der Waals surface area contributed by atoms with Gasteiger partial charge in [-0.3, -0.25) is 9.48 Å². The monoisotopic (exact) mass is 337 g/mol. The van der Waals surface area contributed by atoms with Crippen molar-refractivity contribution in [2.45, 2.75) is 31.7 Å². The molecule has 0 saturated heterocycles. The Morgan fingerprint density at radius 2 is 2.08 bits per heavy atom. The average molecular weight is 337 g/mol. The van der Waals surface area contributed by atoms with Crippen LogP contribution in [0.3, 0.4) is 0 Å². The van der Waals surface area contributed by atoms with Crippen molar-refractivity contribution in [3.05, 3.63) is 53.7 Å². The first kappa shape index (κ1) is 15.6. The lowest BCUT2D eigenvalue weighted by atomic mass is 10.2. The molecule has 0 aliphatic heterocycles. The Morgan fingerprint density at radius 3 is 2.80 bits per heavy atom. The molecule has 1 aliphatic rings. The maximum Gasteiger partial charge on any atom is 0.270 e. The van der Waals surface area contributed by atoms with Gasteiger partial charge in [0.25, 0.3) is 5.91 Å². The summed E-state index contributed by atoms with van der Waals surface area (Å²) in [5, 5.41) is 11.3. The molecule has 2 aromatic heterocycles. The van der Waals surface area contributed by atoms with Crippen LogP contribution in [-0.2, 0) is 7.05 Å². The highest BCUT2D eigenvalue weighted by atomic mass is 16.5. The van der Waals surface area contributed by atoms with Crippen molar-refractivity contribution in [2.75, 3.05) is 0 Å². The molecule has 4 rings (SSSR count). The van der Waals surface area contributed by atoms with Crippen LogP contribution in [0.4, 0.5) is 0 Å². The molecule has 1 atom stereocenters. The summed E-state index contributed by atoms with van der Waals surface area (Å²) in [6.07, 6.45) is 2.30. The van der Waals surface area contributed by atoms with Gasteiger partial charge in [0.1, 0.15) is 11.7 Å². The van der Waals surface area contributed by atoms with E-state index in [1.165, 1.54) is 0 Å². The predicted molar refractivity (Wildman–Crippen MR) is 90.8 cm³/mol. The standard InChI is InChI=1S/C18H19N5O2/c1-11(18-20-16(22-25-18)13-6-4-3-5-7-13)19-17(24)15-10-14(12-8-9-12)21-23(15)2/h3-7,10-12H,8-9H2,1-2H3,(H,19,24)/t11-/m0/s1. The van der Waals surface area contributed by atoms with Gasteiger partial charge in [-0.15, -0.1) is 0 Å². The van der Waals surface area contributed by atoms with E-state index in [2.05, 4.69) is 20.6 Å². The number of rotatable bonds is 5. The molecule has 0 spiro atoms. The quantitative estimate of drug-likeness (QED) is 0.774. The van der Waals surface area contributed by atoms with Crippen molar-refractivity contribution < 1.29 is 9.32 Å². The number of hydrogen-bond donors (Lipinski definition) is 1. The maximum absolute atomic E-state index is 12.5. The third-order valence-electron chi connectivity index (χ3n) is 4.32. The van der Waals surface area contributed by atoms with E-state index in [1.54, 1.807) is 11.7 Å². The Morgan fingerprint density at radius 1 is 1.32 bits per heavy atom. The number of nitrogens with zero attached hydrogens (tertiary/aromatic N) is 4. The third kappa shape index (κ3) is 3.17. The minimum absolute atomic E-state index is 0.200. The van der Waals surface area contributed by atoms with Crippen molar-refractivity contribution in [1.82, 2.24) is 25.2 Å². The highest BCUT2D eigenvalue weighted by Crippen LogP contribution is 2.39. The smallest absolute Gasteiger partial charge is 0.270 e. The number of aryl methyl sites for hydroxylation is 1. The zero-order valence-electron chi connectivity index (χ0n) is 14.1. The van der Waals surface area contributed by atoms with Gasteiger partial charge in [-0.25, -0.2) is 0 Å². The van der Waals surface area contributed by atoms with Gasteiger partial charge in [0.15, 0.2) is 0 Å². The summed E-state index contributed by atoms with van der Waals surface area (Å²) in [6, 6.07) is 11.0. The fourth-order valence-electron chi connectivity index (χ4n) is 2.73. The van der Waals surface area contributed by atoms with E-state index in [-0.39, 0.29) is 5.91 Å². The zero-order chi connectivity index (χ0) is 17.4. The molecule has 25 heavy (non-hydrogen) atoms. The van der Waals surface area contributed by atoms with Crippen LogP contribution < -0.4 is 5.32 Å². The minimum atomic E-state index is -0.392. The Labute approximate surface area is 145 Å². The largest absolute Gasteiger partial charge is 0.339 e. The molecule has 1 N–H and O–H groups in total. The SMILES string of the molecule is C[C@H](NC(=O)c1cc(C2CC2)nn1C)c1nc(-c2ccccc2)no1. The van der Waals surface area contributed by atoms with Crippen LogP contribution in [-0.4, -0.2) is 25.8 Å². The van der Waals surface area contributed by atoms with Gasteiger partial charge in [-0.05, 0) is 25.8 Å². The lowest BCUT2D eigenvalue weighted by molar-refractivity contribution is 0.0923. The Kier molecular flexibility index (Phi) is 3.83. The fourth-order valence-corrected chi connectivity index (χ4v) is 2.73. The summed E-state index contributed by atoms with van der Waals surface area (Å²) in [5.74, 6) is 1.19. The summed E-state index contributed by atoms with van der Waals surface area (Å²) in [4.78, 5) is 16.9. The van der Waals surface area contributed by atoms with E-state index >= 15 is 0 Å². The van der Waals surface area contributed by atoms with Gasteiger partial charge in [0.2, 0.25) is 11.7 Å². The molecule has 128 valence electrons. The van der Waals surface area contributed by atoms with Crippen LogP contribution in [0, 0.1) is 0 Å². The average Bonchev–Trinajstić information content (AvgIpc) is 3.21. The van der Waals surface area contributed by atoms with Crippen molar-refractivity contribution in [2.24, 2.45) is 7.05 Å². The number of hydrogen-bond acceptors (Lipinski definition) is 5. The molecule has 7 nitrogen and oxygen atoms in total. The topological polar surface area (TPSA) is 85.8 Å². The molecule has 0 unspecified atom stereocenters. The Balaban J connectivity index is 1.47. The normalized spacial score (nSPS) is 15.1. The molecule has 7 heteroatoms. The molecule has 1 saturated carbocycles. The molecule has 1 aromatic carbocycles. The third-order valence-corrected chi connectivity index (χ3v) is 4.32. The summed E-state index contributed by atoms with van der Waals surface area (Å²) in [7, 11) is 1.78. The van der Waals surface area contributed by atoms with Crippen LogP contribution in [0.1, 0.15) is 53.8 Å². The number of benzene rings is 1. The van der Waals surface area contributed by atoms with Crippen LogP contribution in [0.15, 0.2) is 40.9 Å². The molecule has 0 radical (unpaired) electrons. The highest BCUT2D eigenvalue weighted by Gasteiger charge is 2.28. The second kappa shape index (κ2) is 6.16. The number of nitrogens with one attached hydrogen (secondary N) is 1. The predicted octanol–water partition coefficient (Wildman–Crippen LogP) is 2.84. The number of aromatic nitrogens is 4. The van der Waals surface area contributed by atoms with Gasteiger partial charge in [0.05, 0.1) is 5.69 Å². The molecule has 1 amide bonds. The molecule has 0 bridgehead atoms. The second-order valence-electron chi connectivity index (χ2n) is 6.37. The van der Waals surface area contributed by atoms with Crippen LogP contribution in [0.5, 0.6) is 0 Å². The molecule has 1 aliphatic carbocycles. The minimum Gasteiger partial charge on any atom is -0.339 e. The summed E-state index contributed by atoms with van der Waals surface area (Å²) in [6.45, 7) is 1.82. The molecule has 2 heterocycles. The molecular formula is C18H19N5O2. The van der Waals surface area contributed by atoms with Crippen molar-refractivity contribution >= 4 is 5.91 Å². The molecule has 1 fully saturated rings. The van der Waals surface area contributed by atoms with Gasteiger partial charge < -0.3 is 9.84 Å². The van der Waals surface area contributed by atoms with E-state index in [0.717, 1.165) is 24.1 Å². The van der Waals surface area contributed by atoms with Gasteiger partial charge >= 0.3 is 0 Å². The van der Waals surface area contributed by atoms with Crippen molar-refractivity contribution in [3.8, 4) is 11.4 Å². The van der Waals surface area contributed by atoms with Crippen LogP contribution in [0.25, 0.3) is 11.4 Å². The van der Waals surface area contributed by atoms with Crippen LogP contribution in [0.2, 0.25) is 0 Å². The van der Waals surface area contributed by atoms with E-state index in [1.807, 2.05) is 43.3 Å². The Bertz CT molecular complexity index is 895. The van der Waals surface area contributed by atoms with Gasteiger partial charge in [-0.1, -0.05) is 35.5 Å². The molecule has 3 aromatic rings. The second-order valence-corrected chi connectivity index (χ2v) is 6.37. The fraction of sp³-hybridized carbons (Fsp3) is 0.333. The summed E-state index contributed by atoms with van der Waals surface area (Å²) < 4.78 is 6.93. The number of carbonyl (C=O) groups is 1.